The van der Waals surface area contributed by atoms with Crippen LogP contribution in [0.4, 0.5) is 0 Å². The number of rotatable bonds is 2. The molecule has 1 aromatic carbocycles. The van der Waals surface area contributed by atoms with E-state index in [-0.39, 0.29) is 24.4 Å². The van der Waals surface area contributed by atoms with Crippen molar-refractivity contribution in [1.29, 1.82) is 0 Å². The summed E-state index contributed by atoms with van der Waals surface area (Å²) in [6.45, 7) is 1.92. The van der Waals surface area contributed by atoms with Crippen molar-refractivity contribution in [1.82, 2.24) is 0 Å². The van der Waals surface area contributed by atoms with Crippen molar-refractivity contribution in [3.05, 3.63) is 29.8 Å². The fourth-order valence-corrected chi connectivity index (χ4v) is 1.73. The van der Waals surface area contributed by atoms with Crippen LogP contribution < -0.4 is 4.74 Å². The normalized spacial score (nSPS) is 21.7. The van der Waals surface area contributed by atoms with Crippen LogP contribution in [0, 0.1) is 5.92 Å². The smallest absolute Gasteiger partial charge is 0.170 e. The molecule has 1 aliphatic rings. The second kappa shape index (κ2) is 4.03. The first-order chi connectivity index (χ1) is 7.22. The molecule has 0 spiro atoms. The Bertz CT molecular complexity index is 373. The van der Waals surface area contributed by atoms with Crippen LogP contribution in [-0.2, 0) is 0 Å². The van der Waals surface area contributed by atoms with Gasteiger partial charge in [-0.1, -0.05) is 19.1 Å². The molecular formula is C12H14O3. The second-order valence-electron chi connectivity index (χ2n) is 3.94. The zero-order valence-electron chi connectivity index (χ0n) is 8.64. The summed E-state index contributed by atoms with van der Waals surface area (Å²) in [6.07, 6.45) is 0.163. The molecule has 3 nitrogen and oxygen atoms in total. The first-order valence-corrected chi connectivity index (χ1v) is 5.12. The molecule has 15 heavy (non-hydrogen) atoms. The number of hydrogen-bond acceptors (Lipinski definition) is 3. The molecule has 1 heterocycles. The van der Waals surface area contributed by atoms with E-state index in [1.165, 1.54) is 0 Å². The summed E-state index contributed by atoms with van der Waals surface area (Å²) in [6, 6.07) is 7.25. The molecule has 0 saturated carbocycles. The summed E-state index contributed by atoms with van der Waals surface area (Å²) >= 11 is 0. The minimum absolute atomic E-state index is 0.0118. The Hall–Kier alpha value is -1.35. The van der Waals surface area contributed by atoms with E-state index in [1.54, 1.807) is 12.1 Å². The van der Waals surface area contributed by atoms with Gasteiger partial charge >= 0.3 is 0 Å². The number of ketones is 1. The van der Waals surface area contributed by atoms with Crippen molar-refractivity contribution in [2.24, 2.45) is 5.92 Å². The quantitative estimate of drug-likeness (QED) is 0.800. The molecule has 2 rings (SSSR count). The Morgan fingerprint density at radius 2 is 2.27 bits per heavy atom. The lowest BCUT2D eigenvalue weighted by Gasteiger charge is -2.28. The average Bonchev–Trinajstić information content (AvgIpc) is 2.28. The van der Waals surface area contributed by atoms with E-state index < -0.39 is 0 Å². The zero-order chi connectivity index (χ0) is 10.8. The van der Waals surface area contributed by atoms with Crippen molar-refractivity contribution in [2.75, 3.05) is 6.61 Å². The lowest BCUT2D eigenvalue weighted by atomic mass is 9.94. The number of hydrogen-bond donors (Lipinski definition) is 1. The van der Waals surface area contributed by atoms with Gasteiger partial charge in [0.05, 0.1) is 5.56 Å². The van der Waals surface area contributed by atoms with Gasteiger partial charge in [-0.25, -0.2) is 0 Å². The van der Waals surface area contributed by atoms with Crippen LogP contribution in [0.3, 0.4) is 0 Å². The van der Waals surface area contributed by atoms with Crippen LogP contribution in [0.15, 0.2) is 24.3 Å². The van der Waals surface area contributed by atoms with Gasteiger partial charge in [0.1, 0.15) is 11.9 Å². The number of aliphatic hydroxyl groups is 1. The molecule has 2 atom stereocenters. The van der Waals surface area contributed by atoms with Crippen molar-refractivity contribution >= 4 is 5.78 Å². The second-order valence-corrected chi connectivity index (χ2v) is 3.94. The van der Waals surface area contributed by atoms with Crippen LogP contribution >= 0.6 is 0 Å². The first kappa shape index (κ1) is 10.2. The van der Waals surface area contributed by atoms with Crippen LogP contribution in [0.2, 0.25) is 0 Å². The standard InChI is InChI=1S/C12H14O3/c1-8(7-13)12-6-10(14)9-4-2-3-5-11(9)15-12/h2-5,8,12-13H,6-7H2,1H3. The summed E-state index contributed by atoms with van der Waals surface area (Å²) in [5, 5.41) is 9.03. The third-order valence-corrected chi connectivity index (χ3v) is 2.78. The van der Waals surface area contributed by atoms with Gasteiger partial charge in [0.25, 0.3) is 0 Å². The Labute approximate surface area is 88.7 Å². The highest BCUT2D eigenvalue weighted by Crippen LogP contribution is 2.29. The highest BCUT2D eigenvalue weighted by Gasteiger charge is 2.29. The number of carbonyl (C=O) groups excluding carboxylic acids is 1. The van der Waals surface area contributed by atoms with E-state index in [9.17, 15) is 4.79 Å². The Morgan fingerprint density at radius 1 is 1.53 bits per heavy atom. The van der Waals surface area contributed by atoms with Crippen molar-refractivity contribution in [2.45, 2.75) is 19.4 Å². The molecule has 0 saturated heterocycles. The summed E-state index contributed by atoms with van der Waals surface area (Å²) in [5.41, 5.74) is 0.652. The van der Waals surface area contributed by atoms with E-state index in [0.29, 0.717) is 17.7 Å². The predicted octanol–water partition coefficient (Wildman–Crippen LogP) is 1.65. The van der Waals surface area contributed by atoms with Crippen molar-refractivity contribution < 1.29 is 14.6 Å². The molecule has 0 radical (unpaired) electrons. The average molecular weight is 206 g/mol. The minimum atomic E-state index is -0.197. The maximum atomic E-state index is 11.8. The highest BCUT2D eigenvalue weighted by molar-refractivity contribution is 5.99. The number of fused-ring (bicyclic) bond motifs is 1. The van der Waals surface area contributed by atoms with Gasteiger partial charge in [0.2, 0.25) is 0 Å². The minimum Gasteiger partial charge on any atom is -0.489 e. The van der Waals surface area contributed by atoms with Crippen LogP contribution in [0.5, 0.6) is 5.75 Å². The summed E-state index contributed by atoms with van der Waals surface area (Å²) < 4.78 is 5.67. The SMILES string of the molecule is CC(CO)C1CC(=O)c2ccccc2O1. The number of benzene rings is 1. The third-order valence-electron chi connectivity index (χ3n) is 2.78. The third kappa shape index (κ3) is 1.88. The largest absolute Gasteiger partial charge is 0.489 e. The van der Waals surface area contributed by atoms with Gasteiger partial charge in [-0.3, -0.25) is 4.79 Å². The number of Topliss-reactive ketones (excluding diaryl/α,β-unsaturated/α-hetero) is 1. The van der Waals surface area contributed by atoms with Gasteiger partial charge < -0.3 is 9.84 Å². The molecule has 0 aliphatic carbocycles. The van der Waals surface area contributed by atoms with E-state index in [2.05, 4.69) is 0 Å². The number of ether oxygens (including phenoxy) is 1. The summed E-state index contributed by atoms with van der Waals surface area (Å²) in [7, 11) is 0. The predicted molar refractivity (Wildman–Crippen MR) is 56.1 cm³/mol. The fourth-order valence-electron chi connectivity index (χ4n) is 1.73. The Balaban J connectivity index is 2.26. The van der Waals surface area contributed by atoms with Crippen molar-refractivity contribution in [3.63, 3.8) is 0 Å². The lowest BCUT2D eigenvalue weighted by Crippen LogP contribution is -2.34. The molecule has 3 heteroatoms. The van der Waals surface area contributed by atoms with Gasteiger partial charge in [-0.05, 0) is 12.1 Å². The molecule has 1 aliphatic heterocycles. The van der Waals surface area contributed by atoms with Gasteiger partial charge in [-0.2, -0.15) is 0 Å². The molecular weight excluding hydrogens is 192 g/mol. The van der Waals surface area contributed by atoms with Gasteiger partial charge in [0.15, 0.2) is 5.78 Å². The number of carbonyl (C=O) groups is 1. The molecule has 0 aromatic heterocycles. The van der Waals surface area contributed by atoms with Gasteiger partial charge in [0, 0.05) is 18.9 Å². The summed E-state index contributed by atoms with van der Waals surface area (Å²) in [5.74, 6) is 0.725. The van der Waals surface area contributed by atoms with Crippen LogP contribution in [0.1, 0.15) is 23.7 Å². The van der Waals surface area contributed by atoms with Gasteiger partial charge in [-0.15, -0.1) is 0 Å². The number of aliphatic hydroxyl groups excluding tert-OH is 1. The number of para-hydroxylation sites is 1. The van der Waals surface area contributed by atoms with Crippen molar-refractivity contribution in [3.8, 4) is 5.75 Å². The topological polar surface area (TPSA) is 46.5 Å². The Kier molecular flexibility index (Phi) is 2.73. The van der Waals surface area contributed by atoms with E-state index in [0.717, 1.165) is 0 Å². The van der Waals surface area contributed by atoms with Crippen LogP contribution in [0.25, 0.3) is 0 Å². The monoisotopic (exact) mass is 206 g/mol. The lowest BCUT2D eigenvalue weighted by molar-refractivity contribution is 0.0631. The maximum absolute atomic E-state index is 11.8. The molecule has 0 fully saturated rings. The molecule has 0 bridgehead atoms. The maximum Gasteiger partial charge on any atom is 0.170 e. The molecule has 1 aromatic rings. The fraction of sp³-hybridized carbons (Fsp3) is 0.417. The molecule has 2 unspecified atom stereocenters. The summed E-state index contributed by atoms with van der Waals surface area (Å²) in [4.78, 5) is 11.8. The van der Waals surface area contributed by atoms with E-state index >= 15 is 0 Å². The zero-order valence-corrected chi connectivity index (χ0v) is 8.64. The van der Waals surface area contributed by atoms with Crippen LogP contribution in [-0.4, -0.2) is 23.6 Å². The van der Waals surface area contributed by atoms with E-state index in [1.807, 2.05) is 19.1 Å². The molecule has 1 N–H and O–H groups in total. The molecule has 80 valence electrons. The Morgan fingerprint density at radius 3 is 3.00 bits per heavy atom. The molecule has 0 amide bonds. The van der Waals surface area contributed by atoms with E-state index in [4.69, 9.17) is 9.84 Å². The highest BCUT2D eigenvalue weighted by atomic mass is 16.5. The first-order valence-electron chi connectivity index (χ1n) is 5.12.